The maximum absolute atomic E-state index is 12.3. The molecule has 1 aliphatic heterocycles. The van der Waals surface area contributed by atoms with Crippen molar-refractivity contribution in [1.29, 1.82) is 0 Å². The number of nitrogens with zero attached hydrogens (tertiary/aromatic N) is 2. The number of rotatable bonds is 2. The molecule has 2 heterocycles. The summed E-state index contributed by atoms with van der Waals surface area (Å²) < 4.78 is 1.28. The second kappa shape index (κ2) is 5.09. The average Bonchev–Trinajstić information content (AvgIpc) is 3.09. The third kappa shape index (κ3) is 2.46. The van der Waals surface area contributed by atoms with Crippen LogP contribution in [0.1, 0.15) is 37.1 Å². The number of likely N-dealkylation sites (tertiary alicyclic amines) is 1. The number of benzene rings is 1. The van der Waals surface area contributed by atoms with Gasteiger partial charge in [-0.1, -0.05) is 19.1 Å². The molecule has 2 aromatic rings. The Labute approximate surface area is 129 Å². The quantitative estimate of drug-likeness (QED) is 0.848. The van der Waals surface area contributed by atoms with Crippen molar-refractivity contribution in [2.24, 2.45) is 11.8 Å². The molecule has 0 spiro atoms. The number of carbonyl (C=O) groups excluding carboxylic acids is 1. The summed E-state index contributed by atoms with van der Waals surface area (Å²) >= 11 is 1.82. The molecule has 2 fully saturated rings. The topological polar surface area (TPSA) is 33.2 Å². The van der Waals surface area contributed by atoms with E-state index in [4.69, 9.17) is 4.98 Å². The van der Waals surface area contributed by atoms with Gasteiger partial charge in [-0.25, -0.2) is 4.98 Å². The molecular weight excluding hydrogens is 280 g/mol. The molecular formula is C17H20N2OS. The van der Waals surface area contributed by atoms with Crippen molar-refractivity contribution in [2.45, 2.75) is 32.1 Å². The fraction of sp³-hybridized carbons (Fsp3) is 0.529. The van der Waals surface area contributed by atoms with Gasteiger partial charge in [-0.15, -0.1) is 11.3 Å². The zero-order valence-corrected chi connectivity index (χ0v) is 13.1. The number of amides is 1. The molecule has 2 aliphatic rings. The van der Waals surface area contributed by atoms with Gasteiger partial charge in [-0.05, 0) is 37.3 Å². The zero-order chi connectivity index (χ0) is 14.4. The van der Waals surface area contributed by atoms with Gasteiger partial charge < -0.3 is 4.90 Å². The molecule has 1 aromatic heterocycles. The van der Waals surface area contributed by atoms with Gasteiger partial charge in [0.2, 0.25) is 5.91 Å². The van der Waals surface area contributed by atoms with E-state index < -0.39 is 0 Å². The van der Waals surface area contributed by atoms with Crippen LogP contribution < -0.4 is 0 Å². The lowest BCUT2D eigenvalue weighted by atomic mass is 9.97. The minimum Gasteiger partial charge on any atom is -0.342 e. The van der Waals surface area contributed by atoms with Crippen molar-refractivity contribution in [3.63, 3.8) is 0 Å². The van der Waals surface area contributed by atoms with E-state index in [0.717, 1.165) is 37.9 Å². The van der Waals surface area contributed by atoms with Crippen LogP contribution in [0.15, 0.2) is 24.3 Å². The number of aromatic nitrogens is 1. The number of thiazole rings is 1. The highest BCUT2D eigenvalue weighted by Crippen LogP contribution is 2.41. The molecule has 21 heavy (non-hydrogen) atoms. The van der Waals surface area contributed by atoms with Gasteiger partial charge in [0.1, 0.15) is 0 Å². The van der Waals surface area contributed by atoms with E-state index in [1.54, 1.807) is 0 Å². The van der Waals surface area contributed by atoms with Crippen LogP contribution in [0, 0.1) is 11.8 Å². The summed E-state index contributed by atoms with van der Waals surface area (Å²) in [5.41, 5.74) is 1.11. The lowest BCUT2D eigenvalue weighted by Crippen LogP contribution is -2.39. The maximum atomic E-state index is 12.3. The van der Waals surface area contributed by atoms with Crippen LogP contribution in [0.25, 0.3) is 10.2 Å². The number of para-hydroxylation sites is 1. The first kappa shape index (κ1) is 13.3. The van der Waals surface area contributed by atoms with E-state index in [9.17, 15) is 4.79 Å². The third-order valence-electron chi connectivity index (χ3n) is 4.89. The molecule has 1 aliphatic carbocycles. The van der Waals surface area contributed by atoms with Crippen molar-refractivity contribution in [3.8, 4) is 0 Å². The summed E-state index contributed by atoms with van der Waals surface area (Å²) in [5, 5.41) is 1.25. The highest BCUT2D eigenvalue weighted by atomic mass is 32.1. The standard InChI is InChI=1S/C17H20N2OS/c1-11-10-13(11)17(20)19-8-6-12(7-9-19)16-18-14-4-2-3-5-15(14)21-16/h2-5,11-13H,6-10H2,1H3/t11-,13+/m0/s1. The molecule has 0 bridgehead atoms. The van der Waals surface area contributed by atoms with E-state index >= 15 is 0 Å². The van der Waals surface area contributed by atoms with E-state index in [0.29, 0.717) is 23.7 Å². The number of hydrogen-bond donors (Lipinski definition) is 0. The molecule has 0 unspecified atom stereocenters. The molecule has 1 saturated heterocycles. The zero-order valence-electron chi connectivity index (χ0n) is 12.3. The van der Waals surface area contributed by atoms with Crippen LogP contribution in [0.5, 0.6) is 0 Å². The predicted octanol–water partition coefficient (Wildman–Crippen LogP) is 3.66. The summed E-state index contributed by atoms with van der Waals surface area (Å²) in [4.78, 5) is 19.1. The first-order valence-corrected chi connectivity index (χ1v) is 8.68. The maximum Gasteiger partial charge on any atom is 0.225 e. The number of carbonyl (C=O) groups is 1. The Bertz CT molecular complexity index is 639. The Morgan fingerprint density at radius 3 is 2.67 bits per heavy atom. The van der Waals surface area contributed by atoms with Gasteiger partial charge in [-0.3, -0.25) is 4.79 Å². The minimum atomic E-state index is 0.323. The largest absolute Gasteiger partial charge is 0.342 e. The number of fused-ring (bicyclic) bond motifs is 1. The first-order chi connectivity index (χ1) is 10.2. The van der Waals surface area contributed by atoms with Crippen LogP contribution >= 0.6 is 11.3 Å². The fourth-order valence-electron chi connectivity index (χ4n) is 3.31. The molecule has 2 atom stereocenters. The Balaban J connectivity index is 1.43. The Kier molecular flexibility index (Phi) is 3.21. The average molecular weight is 300 g/mol. The fourth-order valence-corrected chi connectivity index (χ4v) is 4.45. The molecule has 0 N–H and O–H groups in total. The second-order valence-electron chi connectivity index (χ2n) is 6.44. The molecule has 1 aromatic carbocycles. The Morgan fingerprint density at radius 2 is 2.00 bits per heavy atom. The first-order valence-electron chi connectivity index (χ1n) is 7.86. The lowest BCUT2D eigenvalue weighted by Gasteiger charge is -2.31. The van der Waals surface area contributed by atoms with Gasteiger partial charge in [-0.2, -0.15) is 0 Å². The monoisotopic (exact) mass is 300 g/mol. The summed E-state index contributed by atoms with van der Waals surface area (Å²) in [6.07, 6.45) is 3.22. The predicted molar refractivity (Wildman–Crippen MR) is 85.4 cm³/mol. The van der Waals surface area contributed by atoms with Crippen molar-refractivity contribution in [2.75, 3.05) is 13.1 Å². The summed E-state index contributed by atoms with van der Waals surface area (Å²) in [5.74, 6) is 1.86. The molecule has 1 saturated carbocycles. The van der Waals surface area contributed by atoms with Crippen molar-refractivity contribution in [1.82, 2.24) is 9.88 Å². The molecule has 4 rings (SSSR count). The van der Waals surface area contributed by atoms with Crippen LogP contribution in [-0.2, 0) is 4.79 Å². The molecule has 4 heteroatoms. The van der Waals surface area contributed by atoms with Crippen LogP contribution in [-0.4, -0.2) is 28.9 Å². The van der Waals surface area contributed by atoms with E-state index in [1.165, 1.54) is 9.71 Å². The van der Waals surface area contributed by atoms with Gasteiger partial charge in [0.05, 0.1) is 15.2 Å². The van der Waals surface area contributed by atoms with Gasteiger partial charge in [0.25, 0.3) is 0 Å². The lowest BCUT2D eigenvalue weighted by molar-refractivity contribution is -0.133. The molecule has 110 valence electrons. The Morgan fingerprint density at radius 1 is 1.29 bits per heavy atom. The normalized spacial score (nSPS) is 26.2. The molecule has 0 radical (unpaired) electrons. The van der Waals surface area contributed by atoms with Gasteiger partial charge in [0.15, 0.2) is 0 Å². The Hall–Kier alpha value is -1.42. The van der Waals surface area contributed by atoms with E-state index in [-0.39, 0.29) is 0 Å². The van der Waals surface area contributed by atoms with Crippen molar-refractivity contribution < 1.29 is 4.79 Å². The van der Waals surface area contributed by atoms with Crippen LogP contribution in [0.3, 0.4) is 0 Å². The SMILES string of the molecule is C[C@H]1C[C@H]1C(=O)N1CCC(c2nc3ccccc3s2)CC1. The molecule has 1 amide bonds. The summed E-state index contributed by atoms with van der Waals surface area (Å²) in [6, 6.07) is 8.35. The van der Waals surface area contributed by atoms with Gasteiger partial charge >= 0.3 is 0 Å². The minimum absolute atomic E-state index is 0.323. The third-order valence-corrected chi connectivity index (χ3v) is 6.09. The number of piperidine rings is 1. The second-order valence-corrected chi connectivity index (χ2v) is 7.50. The smallest absolute Gasteiger partial charge is 0.225 e. The van der Waals surface area contributed by atoms with Crippen LogP contribution in [0.4, 0.5) is 0 Å². The van der Waals surface area contributed by atoms with E-state index in [1.807, 2.05) is 17.4 Å². The van der Waals surface area contributed by atoms with Crippen molar-refractivity contribution in [3.05, 3.63) is 29.3 Å². The highest BCUT2D eigenvalue weighted by Gasteiger charge is 2.42. The summed E-state index contributed by atoms with van der Waals surface area (Å²) in [6.45, 7) is 3.99. The molecule has 3 nitrogen and oxygen atoms in total. The van der Waals surface area contributed by atoms with Crippen LogP contribution in [0.2, 0.25) is 0 Å². The summed E-state index contributed by atoms with van der Waals surface area (Å²) in [7, 11) is 0. The van der Waals surface area contributed by atoms with Gasteiger partial charge in [0, 0.05) is 24.9 Å². The number of hydrogen-bond acceptors (Lipinski definition) is 3. The van der Waals surface area contributed by atoms with Crippen molar-refractivity contribution >= 4 is 27.5 Å². The van der Waals surface area contributed by atoms with E-state index in [2.05, 4.69) is 30.0 Å². The highest BCUT2D eigenvalue weighted by molar-refractivity contribution is 7.18.